The highest BCUT2D eigenvalue weighted by Gasteiger charge is 2.32. The lowest BCUT2D eigenvalue weighted by atomic mass is 10.0. The van der Waals surface area contributed by atoms with Gasteiger partial charge >= 0.3 is 5.97 Å². The standard InChI is InChI=1S/C13H18BrNO2/c1-13(2,3)17-12(16)10-9-6-4-5-8(9)7-15-11(10)14/h7,11,15H,4-6H2,1-3H3. The van der Waals surface area contributed by atoms with Crippen molar-refractivity contribution < 1.29 is 9.53 Å². The third-order valence-electron chi connectivity index (χ3n) is 2.86. The van der Waals surface area contributed by atoms with Crippen molar-refractivity contribution >= 4 is 21.9 Å². The Hall–Kier alpha value is -0.770. The molecule has 2 rings (SSSR count). The van der Waals surface area contributed by atoms with Gasteiger partial charge in [-0.2, -0.15) is 0 Å². The molecule has 1 fully saturated rings. The second-order valence-electron chi connectivity index (χ2n) is 5.45. The number of dihydropyridines is 1. The highest BCUT2D eigenvalue weighted by atomic mass is 79.9. The lowest BCUT2D eigenvalue weighted by Gasteiger charge is -2.26. The molecule has 0 saturated heterocycles. The van der Waals surface area contributed by atoms with Crippen molar-refractivity contribution in [1.29, 1.82) is 0 Å². The van der Waals surface area contributed by atoms with Crippen LogP contribution in [0, 0.1) is 0 Å². The number of carbonyl (C=O) groups is 1. The SMILES string of the molecule is CC(C)(C)OC(=O)C1=C2CCCC2=CNC1Br. The predicted molar refractivity (Wildman–Crippen MR) is 70.7 cm³/mol. The fraction of sp³-hybridized carbons (Fsp3) is 0.615. The third kappa shape index (κ3) is 2.73. The Balaban J connectivity index is 2.28. The number of hydrogen-bond acceptors (Lipinski definition) is 3. The van der Waals surface area contributed by atoms with Crippen LogP contribution >= 0.6 is 15.9 Å². The van der Waals surface area contributed by atoms with Gasteiger partial charge in [-0.25, -0.2) is 4.79 Å². The molecule has 0 bridgehead atoms. The average Bonchev–Trinajstić information content (AvgIpc) is 2.61. The van der Waals surface area contributed by atoms with E-state index in [2.05, 4.69) is 21.2 Å². The summed E-state index contributed by atoms with van der Waals surface area (Å²) in [7, 11) is 0. The van der Waals surface area contributed by atoms with E-state index in [0.29, 0.717) is 0 Å². The highest BCUT2D eigenvalue weighted by molar-refractivity contribution is 9.09. The van der Waals surface area contributed by atoms with Crippen molar-refractivity contribution in [3.63, 3.8) is 0 Å². The Labute approximate surface area is 110 Å². The van der Waals surface area contributed by atoms with Crippen LogP contribution in [0.3, 0.4) is 0 Å². The Morgan fingerprint density at radius 3 is 2.82 bits per heavy atom. The van der Waals surface area contributed by atoms with Crippen molar-refractivity contribution in [2.75, 3.05) is 0 Å². The van der Waals surface area contributed by atoms with E-state index in [9.17, 15) is 4.79 Å². The Kier molecular flexibility index (Phi) is 3.34. The van der Waals surface area contributed by atoms with Gasteiger partial charge in [0.2, 0.25) is 0 Å². The van der Waals surface area contributed by atoms with E-state index in [-0.39, 0.29) is 10.9 Å². The summed E-state index contributed by atoms with van der Waals surface area (Å²) < 4.78 is 5.46. The van der Waals surface area contributed by atoms with E-state index in [4.69, 9.17) is 4.74 Å². The van der Waals surface area contributed by atoms with Crippen LogP contribution in [0.15, 0.2) is 22.9 Å². The molecule has 2 aliphatic rings. The molecule has 0 aromatic rings. The number of carbonyl (C=O) groups excluding carboxylic acids is 1. The minimum atomic E-state index is -0.447. The van der Waals surface area contributed by atoms with Crippen molar-refractivity contribution in [1.82, 2.24) is 5.32 Å². The number of nitrogens with one attached hydrogen (secondary N) is 1. The highest BCUT2D eigenvalue weighted by Crippen LogP contribution is 2.37. The van der Waals surface area contributed by atoms with Crippen molar-refractivity contribution in [3.8, 4) is 0 Å². The van der Waals surface area contributed by atoms with Crippen LogP contribution in [0.4, 0.5) is 0 Å². The quantitative estimate of drug-likeness (QED) is 0.459. The lowest BCUT2D eigenvalue weighted by molar-refractivity contribution is -0.150. The fourth-order valence-corrected chi connectivity index (χ4v) is 2.80. The predicted octanol–water partition coefficient (Wildman–Crippen LogP) is 3.02. The monoisotopic (exact) mass is 299 g/mol. The third-order valence-corrected chi connectivity index (χ3v) is 3.58. The van der Waals surface area contributed by atoms with Crippen LogP contribution in [0.1, 0.15) is 40.0 Å². The van der Waals surface area contributed by atoms with Gasteiger partial charge in [0.05, 0.1) is 5.57 Å². The van der Waals surface area contributed by atoms with E-state index >= 15 is 0 Å². The smallest absolute Gasteiger partial charge is 0.337 e. The first-order valence-electron chi connectivity index (χ1n) is 5.94. The molecule has 1 N–H and O–H groups in total. The molecule has 1 aliphatic carbocycles. The number of ether oxygens (including phenoxy) is 1. The molecule has 0 radical (unpaired) electrons. The van der Waals surface area contributed by atoms with E-state index in [0.717, 1.165) is 24.8 Å². The summed E-state index contributed by atoms with van der Waals surface area (Å²) >= 11 is 3.48. The summed E-state index contributed by atoms with van der Waals surface area (Å²) in [4.78, 5) is 12.1. The Morgan fingerprint density at radius 1 is 1.47 bits per heavy atom. The minimum absolute atomic E-state index is 0.130. The molecule has 0 aromatic carbocycles. The molecule has 1 heterocycles. The van der Waals surface area contributed by atoms with Crippen LogP contribution in [0.25, 0.3) is 0 Å². The molecular weight excluding hydrogens is 282 g/mol. The number of allylic oxidation sites excluding steroid dienone is 2. The maximum absolute atomic E-state index is 12.2. The Bertz CT molecular complexity index is 404. The summed E-state index contributed by atoms with van der Waals surface area (Å²) in [6, 6.07) is 0. The second kappa shape index (κ2) is 4.48. The summed E-state index contributed by atoms with van der Waals surface area (Å²) in [5.41, 5.74) is 2.72. The van der Waals surface area contributed by atoms with E-state index < -0.39 is 5.60 Å². The zero-order valence-corrected chi connectivity index (χ0v) is 12.1. The largest absolute Gasteiger partial charge is 0.457 e. The van der Waals surface area contributed by atoms with E-state index in [1.807, 2.05) is 27.0 Å². The molecular formula is C13H18BrNO2. The van der Waals surface area contributed by atoms with Gasteiger partial charge in [-0.1, -0.05) is 15.9 Å². The normalized spacial score (nSPS) is 24.0. The van der Waals surface area contributed by atoms with Crippen LogP contribution in [0.5, 0.6) is 0 Å². The van der Waals surface area contributed by atoms with Gasteiger partial charge in [-0.3, -0.25) is 0 Å². The van der Waals surface area contributed by atoms with Gasteiger partial charge in [0, 0.05) is 6.20 Å². The van der Waals surface area contributed by atoms with Crippen LogP contribution < -0.4 is 5.32 Å². The zero-order valence-electron chi connectivity index (χ0n) is 10.5. The topological polar surface area (TPSA) is 38.3 Å². The molecule has 0 spiro atoms. The summed E-state index contributed by atoms with van der Waals surface area (Å²) in [6.45, 7) is 5.67. The minimum Gasteiger partial charge on any atom is -0.457 e. The average molecular weight is 300 g/mol. The molecule has 3 nitrogen and oxygen atoms in total. The molecule has 4 heteroatoms. The zero-order chi connectivity index (χ0) is 12.6. The molecule has 1 aliphatic heterocycles. The summed E-state index contributed by atoms with van der Waals surface area (Å²) in [5.74, 6) is -0.214. The summed E-state index contributed by atoms with van der Waals surface area (Å²) in [5, 5.41) is 3.17. The molecule has 1 unspecified atom stereocenters. The molecule has 1 saturated carbocycles. The molecule has 0 amide bonds. The molecule has 1 atom stereocenters. The van der Waals surface area contributed by atoms with Gasteiger partial charge < -0.3 is 10.1 Å². The van der Waals surface area contributed by atoms with E-state index in [1.165, 1.54) is 11.1 Å². The number of alkyl halides is 1. The number of fused-ring (bicyclic) bond motifs is 1. The molecule has 0 aromatic heterocycles. The Morgan fingerprint density at radius 2 is 2.18 bits per heavy atom. The van der Waals surface area contributed by atoms with Crippen LogP contribution in [-0.4, -0.2) is 16.5 Å². The fourth-order valence-electron chi connectivity index (χ4n) is 2.20. The van der Waals surface area contributed by atoms with Crippen molar-refractivity contribution in [3.05, 3.63) is 22.9 Å². The van der Waals surface area contributed by atoms with Gasteiger partial charge in [-0.15, -0.1) is 0 Å². The van der Waals surface area contributed by atoms with Crippen LogP contribution in [0.2, 0.25) is 0 Å². The molecule has 94 valence electrons. The van der Waals surface area contributed by atoms with Gasteiger partial charge in [0.15, 0.2) is 0 Å². The van der Waals surface area contributed by atoms with Gasteiger partial charge in [0.25, 0.3) is 0 Å². The molecule has 17 heavy (non-hydrogen) atoms. The van der Waals surface area contributed by atoms with Crippen molar-refractivity contribution in [2.24, 2.45) is 0 Å². The lowest BCUT2D eigenvalue weighted by Crippen LogP contribution is -2.34. The number of halogens is 1. The first-order chi connectivity index (χ1) is 7.88. The van der Waals surface area contributed by atoms with Crippen molar-refractivity contribution in [2.45, 2.75) is 50.6 Å². The van der Waals surface area contributed by atoms with E-state index in [1.54, 1.807) is 0 Å². The summed E-state index contributed by atoms with van der Waals surface area (Å²) in [6.07, 6.45) is 5.16. The maximum atomic E-state index is 12.2. The number of esters is 1. The van der Waals surface area contributed by atoms with Gasteiger partial charge in [0.1, 0.15) is 10.6 Å². The van der Waals surface area contributed by atoms with Gasteiger partial charge in [-0.05, 0) is 51.2 Å². The first kappa shape index (κ1) is 12.7. The maximum Gasteiger partial charge on any atom is 0.337 e. The van der Waals surface area contributed by atoms with Crippen LogP contribution in [-0.2, 0) is 9.53 Å². The first-order valence-corrected chi connectivity index (χ1v) is 6.86. The number of rotatable bonds is 1. The number of hydrogen-bond donors (Lipinski definition) is 1. The second-order valence-corrected chi connectivity index (χ2v) is 6.36.